The predicted octanol–water partition coefficient (Wildman–Crippen LogP) is 0.795. The van der Waals surface area contributed by atoms with Crippen molar-refractivity contribution < 1.29 is 9.90 Å². The van der Waals surface area contributed by atoms with Crippen LogP contribution in [0.4, 0.5) is 0 Å². The summed E-state index contributed by atoms with van der Waals surface area (Å²) in [6.07, 6.45) is 8.82. The maximum atomic E-state index is 10.9. The topological polar surface area (TPSA) is 52.9 Å². The van der Waals surface area contributed by atoms with Gasteiger partial charge >= 0.3 is 5.97 Å². The Labute approximate surface area is 81.6 Å². The minimum Gasteiger partial charge on any atom is -0.478 e. The average Bonchev–Trinajstić information content (AvgIpc) is 2.41. The Morgan fingerprint density at radius 1 is 1.57 bits per heavy atom. The standard InChI is InChI=1S/C10H10N2O2/c13-10(14)8-3-1-5-12-6-2-4-11-7-9(8)12/h1-4,6H,5,7H2,(H,13,14). The second-order valence-electron chi connectivity index (χ2n) is 3.05. The third-order valence-corrected chi connectivity index (χ3v) is 2.17. The molecule has 1 N–H and O–H groups in total. The first-order chi connectivity index (χ1) is 6.79. The van der Waals surface area contributed by atoms with E-state index in [-0.39, 0.29) is 0 Å². The third-order valence-electron chi connectivity index (χ3n) is 2.17. The minimum absolute atomic E-state index is 0.333. The Morgan fingerprint density at radius 2 is 2.43 bits per heavy atom. The molecule has 0 aromatic carbocycles. The van der Waals surface area contributed by atoms with E-state index >= 15 is 0 Å². The zero-order valence-corrected chi connectivity index (χ0v) is 7.55. The first-order valence-corrected chi connectivity index (χ1v) is 4.35. The molecule has 2 rings (SSSR count). The van der Waals surface area contributed by atoms with Crippen LogP contribution >= 0.6 is 0 Å². The molecule has 2 heterocycles. The van der Waals surface area contributed by atoms with Crippen LogP contribution in [0, 0.1) is 0 Å². The van der Waals surface area contributed by atoms with Crippen LogP contribution in [-0.2, 0) is 4.79 Å². The normalized spacial score (nSPS) is 19.6. The Bertz CT molecular complexity index is 378. The highest BCUT2D eigenvalue weighted by molar-refractivity contribution is 5.91. The molecule has 0 aliphatic carbocycles. The zero-order valence-electron chi connectivity index (χ0n) is 7.55. The van der Waals surface area contributed by atoms with Gasteiger partial charge in [0.15, 0.2) is 0 Å². The third kappa shape index (κ3) is 1.46. The zero-order chi connectivity index (χ0) is 9.97. The second kappa shape index (κ2) is 3.49. The molecule has 0 aromatic heterocycles. The number of rotatable bonds is 1. The van der Waals surface area contributed by atoms with Crippen molar-refractivity contribution in [2.75, 3.05) is 13.1 Å². The predicted molar refractivity (Wildman–Crippen MR) is 53.0 cm³/mol. The number of aliphatic carboxylic acids is 1. The molecular weight excluding hydrogens is 180 g/mol. The molecule has 0 saturated carbocycles. The monoisotopic (exact) mass is 190 g/mol. The molecule has 0 unspecified atom stereocenters. The van der Waals surface area contributed by atoms with Gasteiger partial charge < -0.3 is 10.0 Å². The summed E-state index contributed by atoms with van der Waals surface area (Å²) in [6, 6.07) is 0. The average molecular weight is 190 g/mol. The first-order valence-electron chi connectivity index (χ1n) is 4.35. The van der Waals surface area contributed by atoms with Crippen molar-refractivity contribution in [2.24, 2.45) is 4.99 Å². The smallest absolute Gasteiger partial charge is 0.337 e. The van der Waals surface area contributed by atoms with Crippen molar-refractivity contribution in [1.29, 1.82) is 0 Å². The van der Waals surface area contributed by atoms with Gasteiger partial charge in [-0.25, -0.2) is 4.79 Å². The van der Waals surface area contributed by atoms with Crippen molar-refractivity contribution >= 4 is 12.2 Å². The Morgan fingerprint density at radius 3 is 3.21 bits per heavy atom. The van der Waals surface area contributed by atoms with E-state index < -0.39 is 5.97 Å². The molecule has 72 valence electrons. The summed E-state index contributed by atoms with van der Waals surface area (Å²) in [6.45, 7) is 1.14. The van der Waals surface area contributed by atoms with Gasteiger partial charge in [-0.1, -0.05) is 6.08 Å². The van der Waals surface area contributed by atoms with Crippen LogP contribution in [0.1, 0.15) is 0 Å². The van der Waals surface area contributed by atoms with E-state index in [1.807, 2.05) is 23.3 Å². The van der Waals surface area contributed by atoms with Gasteiger partial charge in [0.1, 0.15) is 0 Å². The fourth-order valence-electron chi connectivity index (χ4n) is 1.51. The molecule has 0 atom stereocenters. The number of carboxylic acid groups (broad SMARTS) is 1. The number of carbonyl (C=O) groups is 1. The fourth-order valence-corrected chi connectivity index (χ4v) is 1.51. The SMILES string of the molecule is O=C(O)C1=C2CN=CC=CN2CC=C1. The Kier molecular flexibility index (Phi) is 2.18. The molecule has 14 heavy (non-hydrogen) atoms. The number of carboxylic acids is 1. The molecule has 0 amide bonds. The van der Waals surface area contributed by atoms with Crippen LogP contribution < -0.4 is 0 Å². The van der Waals surface area contributed by atoms with Crippen molar-refractivity contribution in [2.45, 2.75) is 0 Å². The Hall–Kier alpha value is -1.84. The van der Waals surface area contributed by atoms with E-state index in [4.69, 9.17) is 5.11 Å². The number of fused-ring (bicyclic) bond motifs is 1. The summed E-state index contributed by atoms with van der Waals surface area (Å²) in [5.41, 5.74) is 1.09. The lowest BCUT2D eigenvalue weighted by molar-refractivity contribution is -0.132. The maximum absolute atomic E-state index is 10.9. The largest absolute Gasteiger partial charge is 0.478 e. The molecule has 0 radical (unpaired) electrons. The molecule has 4 heteroatoms. The lowest BCUT2D eigenvalue weighted by Crippen LogP contribution is -2.24. The van der Waals surface area contributed by atoms with Gasteiger partial charge in [0.05, 0.1) is 17.8 Å². The van der Waals surface area contributed by atoms with Gasteiger partial charge in [0, 0.05) is 19.0 Å². The number of aliphatic imine (C=N–C) groups is 1. The van der Waals surface area contributed by atoms with Crippen molar-refractivity contribution in [3.05, 3.63) is 35.7 Å². The molecule has 0 saturated heterocycles. The molecule has 2 aliphatic heterocycles. The van der Waals surface area contributed by atoms with E-state index in [1.165, 1.54) is 0 Å². The van der Waals surface area contributed by atoms with Crippen molar-refractivity contribution in [3.63, 3.8) is 0 Å². The fraction of sp³-hybridized carbons (Fsp3) is 0.200. The van der Waals surface area contributed by atoms with Gasteiger partial charge in [-0.05, 0) is 12.2 Å². The lowest BCUT2D eigenvalue weighted by atomic mass is 10.1. The maximum Gasteiger partial charge on any atom is 0.337 e. The second-order valence-corrected chi connectivity index (χ2v) is 3.05. The van der Waals surface area contributed by atoms with Crippen LogP contribution in [0.15, 0.2) is 40.7 Å². The minimum atomic E-state index is -0.897. The molecule has 0 bridgehead atoms. The number of allylic oxidation sites excluding steroid dienone is 1. The summed E-state index contributed by atoms with van der Waals surface area (Å²) < 4.78 is 0. The molecule has 0 aromatic rings. The van der Waals surface area contributed by atoms with Crippen molar-refractivity contribution in [1.82, 2.24) is 4.90 Å². The van der Waals surface area contributed by atoms with Gasteiger partial charge in [-0.15, -0.1) is 0 Å². The summed E-state index contributed by atoms with van der Waals surface area (Å²) in [7, 11) is 0. The van der Waals surface area contributed by atoms with E-state index in [0.717, 1.165) is 5.70 Å². The van der Waals surface area contributed by atoms with Gasteiger partial charge in [-0.2, -0.15) is 0 Å². The van der Waals surface area contributed by atoms with Crippen LogP contribution in [0.25, 0.3) is 0 Å². The van der Waals surface area contributed by atoms with Crippen LogP contribution in [0.5, 0.6) is 0 Å². The van der Waals surface area contributed by atoms with Gasteiger partial charge in [0.25, 0.3) is 0 Å². The molecular formula is C10H10N2O2. The van der Waals surface area contributed by atoms with E-state index in [0.29, 0.717) is 18.7 Å². The van der Waals surface area contributed by atoms with E-state index in [1.54, 1.807) is 12.3 Å². The van der Waals surface area contributed by atoms with Gasteiger partial charge in [0.2, 0.25) is 0 Å². The highest BCUT2D eigenvalue weighted by Gasteiger charge is 2.19. The van der Waals surface area contributed by atoms with E-state index in [9.17, 15) is 4.79 Å². The Balaban J connectivity index is 2.44. The highest BCUT2D eigenvalue weighted by Crippen LogP contribution is 2.19. The number of nitrogens with zero attached hydrogens (tertiary/aromatic N) is 2. The van der Waals surface area contributed by atoms with Crippen molar-refractivity contribution in [3.8, 4) is 0 Å². The summed E-state index contributed by atoms with van der Waals surface area (Å²) in [4.78, 5) is 16.9. The molecule has 0 spiro atoms. The summed E-state index contributed by atoms with van der Waals surface area (Å²) in [5.74, 6) is -0.897. The summed E-state index contributed by atoms with van der Waals surface area (Å²) >= 11 is 0. The molecule has 0 fully saturated rings. The van der Waals surface area contributed by atoms with Crippen LogP contribution in [0.2, 0.25) is 0 Å². The molecule has 4 nitrogen and oxygen atoms in total. The molecule has 2 aliphatic rings. The number of hydrogen-bond acceptors (Lipinski definition) is 3. The van der Waals surface area contributed by atoms with Crippen LogP contribution in [-0.4, -0.2) is 35.3 Å². The van der Waals surface area contributed by atoms with Crippen LogP contribution in [0.3, 0.4) is 0 Å². The highest BCUT2D eigenvalue weighted by atomic mass is 16.4. The quantitative estimate of drug-likeness (QED) is 0.665. The lowest BCUT2D eigenvalue weighted by Gasteiger charge is -2.24. The van der Waals surface area contributed by atoms with Gasteiger partial charge in [-0.3, -0.25) is 4.99 Å². The number of hydrogen-bond donors (Lipinski definition) is 1. The first kappa shape index (κ1) is 8.74. The summed E-state index contributed by atoms with van der Waals surface area (Å²) in [5, 5.41) is 8.96. The van der Waals surface area contributed by atoms with E-state index in [2.05, 4.69) is 4.99 Å².